The molecule has 0 atom stereocenters. The maximum atomic E-state index is 11.2. The van der Waals surface area contributed by atoms with Crippen molar-refractivity contribution in [3.05, 3.63) is 0 Å². The van der Waals surface area contributed by atoms with Crippen LogP contribution in [0.15, 0.2) is 0 Å². The van der Waals surface area contributed by atoms with Gasteiger partial charge in [0.05, 0.1) is 0 Å². The molecule has 0 radical (unpaired) electrons. The second kappa shape index (κ2) is 6.25. The van der Waals surface area contributed by atoms with E-state index in [2.05, 4.69) is 5.32 Å². The molecule has 0 bridgehead atoms. The number of halogens is 1. The summed E-state index contributed by atoms with van der Waals surface area (Å²) in [4.78, 5) is 11.2. The minimum atomic E-state index is 0.192. The van der Waals surface area contributed by atoms with Gasteiger partial charge in [-0.3, -0.25) is 4.79 Å². The number of unbranched alkanes of at least 4 members (excludes halogenated alkanes) is 1. The van der Waals surface area contributed by atoms with Gasteiger partial charge in [-0.05, 0) is 31.6 Å². The molecule has 1 fully saturated rings. The van der Waals surface area contributed by atoms with Crippen LogP contribution in [0.5, 0.6) is 0 Å². The van der Waals surface area contributed by atoms with Gasteiger partial charge < -0.3 is 5.32 Å². The van der Waals surface area contributed by atoms with Crippen molar-refractivity contribution in [2.24, 2.45) is 5.92 Å². The van der Waals surface area contributed by atoms with Gasteiger partial charge in [-0.15, -0.1) is 11.6 Å². The van der Waals surface area contributed by atoms with Crippen LogP contribution in [0.4, 0.5) is 0 Å². The summed E-state index contributed by atoms with van der Waals surface area (Å²) >= 11 is 5.51. The molecule has 0 heterocycles. The molecule has 3 heteroatoms. The van der Waals surface area contributed by atoms with Gasteiger partial charge in [0.25, 0.3) is 0 Å². The van der Waals surface area contributed by atoms with Gasteiger partial charge in [-0.1, -0.05) is 6.42 Å². The quantitative estimate of drug-likeness (QED) is 0.521. The van der Waals surface area contributed by atoms with Gasteiger partial charge in [0, 0.05) is 18.8 Å². The van der Waals surface area contributed by atoms with E-state index in [1.807, 2.05) is 0 Å². The summed E-state index contributed by atoms with van der Waals surface area (Å²) in [6.45, 7) is 0.889. The fraction of sp³-hybridized carbons (Fsp3) is 0.900. The zero-order valence-corrected chi connectivity index (χ0v) is 8.78. The first-order valence-corrected chi connectivity index (χ1v) is 5.69. The monoisotopic (exact) mass is 203 g/mol. The average molecular weight is 204 g/mol. The fourth-order valence-electron chi connectivity index (χ4n) is 1.42. The Labute approximate surface area is 85.0 Å². The summed E-state index contributed by atoms with van der Waals surface area (Å²) < 4.78 is 0. The normalized spacial score (nSPS) is 16.7. The van der Waals surface area contributed by atoms with Gasteiger partial charge in [0.1, 0.15) is 0 Å². The van der Waals surface area contributed by atoms with Crippen molar-refractivity contribution in [1.29, 1.82) is 0 Å². The molecule has 0 aliphatic heterocycles. The highest BCUT2D eigenvalue weighted by molar-refractivity contribution is 6.17. The molecular formula is C10H18ClNO. The van der Waals surface area contributed by atoms with Crippen molar-refractivity contribution >= 4 is 17.5 Å². The number of alkyl halides is 1. The Morgan fingerprint density at radius 2 is 2.15 bits per heavy atom. The molecular weight excluding hydrogens is 186 g/mol. The third-order valence-corrected chi connectivity index (χ3v) is 2.87. The predicted octanol–water partition coefficient (Wildman–Crippen LogP) is 2.31. The molecule has 1 rings (SSSR count). The van der Waals surface area contributed by atoms with Crippen LogP contribution in [0, 0.1) is 5.92 Å². The third kappa shape index (κ3) is 4.51. The molecule has 0 aromatic heterocycles. The molecule has 1 saturated carbocycles. The molecule has 1 N–H and O–H groups in total. The molecule has 1 amide bonds. The van der Waals surface area contributed by atoms with Crippen molar-refractivity contribution < 1.29 is 4.79 Å². The summed E-state index contributed by atoms with van der Waals surface area (Å²) in [7, 11) is 0. The van der Waals surface area contributed by atoms with Gasteiger partial charge in [0.2, 0.25) is 5.91 Å². The lowest BCUT2D eigenvalue weighted by Crippen LogP contribution is -2.31. The van der Waals surface area contributed by atoms with E-state index in [9.17, 15) is 4.79 Å². The summed E-state index contributed by atoms with van der Waals surface area (Å²) in [6.07, 6.45) is 6.43. The summed E-state index contributed by atoms with van der Waals surface area (Å²) in [6, 6.07) is 0. The van der Waals surface area contributed by atoms with E-state index in [0.717, 1.165) is 25.3 Å². The van der Waals surface area contributed by atoms with Crippen LogP contribution in [0.1, 0.15) is 38.5 Å². The second-order valence-electron chi connectivity index (χ2n) is 3.75. The van der Waals surface area contributed by atoms with Crippen molar-refractivity contribution in [3.8, 4) is 0 Å². The highest BCUT2D eigenvalue weighted by Gasteiger charge is 2.17. The molecule has 0 saturated heterocycles. The smallest absolute Gasteiger partial charge is 0.220 e. The standard InChI is InChI=1S/C10H18ClNO/c11-7-2-1-6-10(13)12-8-9-4-3-5-9/h9H,1-8H2,(H,12,13). The molecule has 76 valence electrons. The van der Waals surface area contributed by atoms with E-state index in [0.29, 0.717) is 12.3 Å². The van der Waals surface area contributed by atoms with E-state index in [4.69, 9.17) is 11.6 Å². The zero-order valence-electron chi connectivity index (χ0n) is 8.02. The molecule has 0 unspecified atom stereocenters. The molecule has 1 aliphatic carbocycles. The van der Waals surface area contributed by atoms with E-state index < -0.39 is 0 Å². The van der Waals surface area contributed by atoms with E-state index in [1.54, 1.807) is 0 Å². The maximum Gasteiger partial charge on any atom is 0.220 e. The fourth-order valence-corrected chi connectivity index (χ4v) is 1.61. The summed E-state index contributed by atoms with van der Waals surface area (Å²) in [5.41, 5.74) is 0. The van der Waals surface area contributed by atoms with E-state index in [1.165, 1.54) is 19.3 Å². The van der Waals surface area contributed by atoms with E-state index >= 15 is 0 Å². The topological polar surface area (TPSA) is 29.1 Å². The van der Waals surface area contributed by atoms with Gasteiger partial charge in [-0.25, -0.2) is 0 Å². The van der Waals surface area contributed by atoms with Crippen LogP contribution < -0.4 is 5.32 Å². The Bertz CT molecular complexity index is 157. The Kier molecular flexibility index (Phi) is 5.21. The van der Waals surface area contributed by atoms with Crippen LogP contribution in [-0.2, 0) is 4.79 Å². The third-order valence-electron chi connectivity index (χ3n) is 2.60. The van der Waals surface area contributed by atoms with Crippen LogP contribution in [0.2, 0.25) is 0 Å². The molecule has 2 nitrogen and oxygen atoms in total. The first-order chi connectivity index (χ1) is 6.33. The maximum absolute atomic E-state index is 11.2. The van der Waals surface area contributed by atoms with Crippen LogP contribution in [0.3, 0.4) is 0 Å². The number of carbonyl (C=O) groups is 1. The van der Waals surface area contributed by atoms with Gasteiger partial charge >= 0.3 is 0 Å². The Hall–Kier alpha value is -0.240. The molecule has 0 aromatic carbocycles. The number of carbonyl (C=O) groups excluding carboxylic acids is 1. The lowest BCUT2D eigenvalue weighted by molar-refractivity contribution is -0.121. The zero-order chi connectivity index (χ0) is 9.52. The highest BCUT2D eigenvalue weighted by Crippen LogP contribution is 2.25. The van der Waals surface area contributed by atoms with Gasteiger partial charge in [-0.2, -0.15) is 0 Å². The lowest BCUT2D eigenvalue weighted by atomic mass is 9.85. The van der Waals surface area contributed by atoms with E-state index in [-0.39, 0.29) is 5.91 Å². The van der Waals surface area contributed by atoms with Crippen LogP contribution in [-0.4, -0.2) is 18.3 Å². The molecule has 0 aromatic rings. The van der Waals surface area contributed by atoms with Crippen molar-refractivity contribution in [1.82, 2.24) is 5.32 Å². The predicted molar refractivity (Wildman–Crippen MR) is 54.9 cm³/mol. The minimum absolute atomic E-state index is 0.192. The Morgan fingerprint density at radius 3 is 2.69 bits per heavy atom. The number of nitrogens with one attached hydrogen (secondary N) is 1. The number of hydrogen-bond acceptors (Lipinski definition) is 1. The number of hydrogen-bond donors (Lipinski definition) is 1. The lowest BCUT2D eigenvalue weighted by Gasteiger charge is -2.25. The molecule has 0 spiro atoms. The van der Waals surface area contributed by atoms with Crippen molar-refractivity contribution in [2.45, 2.75) is 38.5 Å². The second-order valence-corrected chi connectivity index (χ2v) is 4.13. The van der Waals surface area contributed by atoms with Crippen LogP contribution >= 0.6 is 11.6 Å². The van der Waals surface area contributed by atoms with Gasteiger partial charge in [0.15, 0.2) is 0 Å². The first-order valence-electron chi connectivity index (χ1n) is 5.15. The van der Waals surface area contributed by atoms with Crippen molar-refractivity contribution in [3.63, 3.8) is 0 Å². The summed E-state index contributed by atoms with van der Waals surface area (Å²) in [5, 5.41) is 2.96. The Balaban J connectivity index is 1.90. The van der Waals surface area contributed by atoms with Crippen LogP contribution in [0.25, 0.3) is 0 Å². The first kappa shape index (κ1) is 10.8. The number of amides is 1. The Morgan fingerprint density at radius 1 is 1.38 bits per heavy atom. The van der Waals surface area contributed by atoms with Crippen molar-refractivity contribution in [2.75, 3.05) is 12.4 Å². The molecule has 13 heavy (non-hydrogen) atoms. The average Bonchev–Trinajstić information content (AvgIpc) is 2.02. The molecule has 1 aliphatic rings. The minimum Gasteiger partial charge on any atom is -0.356 e. The number of rotatable bonds is 6. The highest BCUT2D eigenvalue weighted by atomic mass is 35.5. The summed E-state index contributed by atoms with van der Waals surface area (Å²) in [5.74, 6) is 1.62. The SMILES string of the molecule is O=C(CCCCCl)NCC1CCC1. The largest absolute Gasteiger partial charge is 0.356 e.